The van der Waals surface area contributed by atoms with E-state index < -0.39 is 0 Å². The summed E-state index contributed by atoms with van der Waals surface area (Å²) < 4.78 is 11.5. The second-order valence-electron chi connectivity index (χ2n) is 6.68. The highest BCUT2D eigenvalue weighted by Crippen LogP contribution is 2.26. The smallest absolute Gasteiger partial charge is 0.248 e. The van der Waals surface area contributed by atoms with Crippen molar-refractivity contribution in [2.75, 3.05) is 26.3 Å². The van der Waals surface area contributed by atoms with E-state index in [-0.39, 0.29) is 24.7 Å². The zero-order chi connectivity index (χ0) is 16.2. The van der Waals surface area contributed by atoms with Crippen LogP contribution in [-0.4, -0.2) is 58.4 Å². The summed E-state index contributed by atoms with van der Waals surface area (Å²) in [5, 5.41) is 6.94. The van der Waals surface area contributed by atoms with Gasteiger partial charge in [-0.1, -0.05) is 19.8 Å². The standard InChI is InChI=1S/C16H26N4O3/c1-11-4-3-5-13(8-11)23-10-15(21)20-6-7-22-14(9-20)16-17-12(2)18-19-16/h11,13-14H,3-10H2,1-2H3,(H,17,18,19)/t11-,13+,14-/m0/s1. The first-order valence-corrected chi connectivity index (χ1v) is 8.51. The number of H-pyrrole nitrogens is 1. The van der Waals surface area contributed by atoms with Crippen LogP contribution in [0, 0.1) is 12.8 Å². The first kappa shape index (κ1) is 16.4. The summed E-state index contributed by atoms with van der Waals surface area (Å²) in [4.78, 5) is 18.5. The predicted octanol–water partition coefficient (Wildman–Crippen LogP) is 1.61. The van der Waals surface area contributed by atoms with Gasteiger partial charge in [-0.15, -0.1) is 0 Å². The maximum absolute atomic E-state index is 12.4. The number of carbonyl (C=O) groups is 1. The molecule has 3 atom stereocenters. The molecule has 1 saturated carbocycles. The monoisotopic (exact) mass is 322 g/mol. The maximum atomic E-state index is 12.4. The van der Waals surface area contributed by atoms with E-state index in [0.29, 0.717) is 31.4 Å². The van der Waals surface area contributed by atoms with Crippen LogP contribution < -0.4 is 0 Å². The van der Waals surface area contributed by atoms with E-state index in [1.807, 2.05) is 6.92 Å². The number of amides is 1. The molecule has 0 unspecified atom stereocenters. The molecule has 3 rings (SSSR count). The second-order valence-corrected chi connectivity index (χ2v) is 6.68. The molecule has 1 aromatic heterocycles. The SMILES string of the molecule is Cc1nc([C@@H]2CN(C(=O)CO[C@@H]3CCC[C@H](C)C3)CCO2)n[nH]1. The van der Waals surface area contributed by atoms with Crippen LogP contribution >= 0.6 is 0 Å². The number of carbonyl (C=O) groups excluding carboxylic acids is 1. The number of nitrogens with one attached hydrogen (secondary N) is 1. The molecule has 1 aliphatic carbocycles. The number of morpholine rings is 1. The molecule has 1 N–H and O–H groups in total. The highest BCUT2D eigenvalue weighted by molar-refractivity contribution is 5.77. The molecule has 1 amide bonds. The molecule has 1 saturated heterocycles. The van der Waals surface area contributed by atoms with E-state index in [4.69, 9.17) is 9.47 Å². The zero-order valence-electron chi connectivity index (χ0n) is 14.0. The number of aromatic nitrogens is 3. The Morgan fingerprint density at radius 1 is 1.48 bits per heavy atom. The molecule has 0 aromatic carbocycles. The number of ether oxygens (including phenoxy) is 2. The molecule has 0 radical (unpaired) electrons. The van der Waals surface area contributed by atoms with Crippen molar-refractivity contribution in [3.63, 3.8) is 0 Å². The van der Waals surface area contributed by atoms with E-state index in [2.05, 4.69) is 22.1 Å². The van der Waals surface area contributed by atoms with Crippen molar-refractivity contribution in [1.82, 2.24) is 20.1 Å². The summed E-state index contributed by atoms with van der Waals surface area (Å²) in [6, 6.07) is 0. The van der Waals surface area contributed by atoms with Crippen LogP contribution in [0.5, 0.6) is 0 Å². The predicted molar refractivity (Wildman–Crippen MR) is 83.8 cm³/mol. The molecule has 0 bridgehead atoms. The lowest BCUT2D eigenvalue weighted by molar-refractivity contribution is -0.147. The molecule has 2 heterocycles. The lowest BCUT2D eigenvalue weighted by atomic mass is 9.89. The summed E-state index contributed by atoms with van der Waals surface area (Å²) in [6.07, 6.45) is 4.58. The third kappa shape index (κ3) is 4.29. The van der Waals surface area contributed by atoms with E-state index in [9.17, 15) is 4.79 Å². The highest BCUT2D eigenvalue weighted by Gasteiger charge is 2.28. The number of aryl methyl sites for hydroxylation is 1. The summed E-state index contributed by atoms with van der Waals surface area (Å²) in [5.74, 6) is 2.10. The summed E-state index contributed by atoms with van der Waals surface area (Å²) >= 11 is 0. The van der Waals surface area contributed by atoms with Crippen molar-refractivity contribution in [3.05, 3.63) is 11.6 Å². The van der Waals surface area contributed by atoms with Crippen LogP contribution in [0.1, 0.15) is 50.4 Å². The Bertz CT molecular complexity index is 533. The van der Waals surface area contributed by atoms with Gasteiger partial charge in [0.1, 0.15) is 18.5 Å². The molecule has 2 fully saturated rings. The summed E-state index contributed by atoms with van der Waals surface area (Å²) in [5.41, 5.74) is 0. The lowest BCUT2D eigenvalue weighted by Gasteiger charge is -2.32. The highest BCUT2D eigenvalue weighted by atomic mass is 16.5. The van der Waals surface area contributed by atoms with E-state index in [0.717, 1.165) is 18.7 Å². The first-order valence-electron chi connectivity index (χ1n) is 8.51. The minimum Gasteiger partial charge on any atom is -0.368 e. The number of nitrogens with zero attached hydrogens (tertiary/aromatic N) is 3. The Labute approximate surface area is 136 Å². The summed E-state index contributed by atoms with van der Waals surface area (Å²) in [7, 11) is 0. The van der Waals surface area contributed by atoms with Crippen LogP contribution in [0.4, 0.5) is 0 Å². The van der Waals surface area contributed by atoms with Gasteiger partial charge in [0.2, 0.25) is 5.91 Å². The van der Waals surface area contributed by atoms with E-state index in [1.165, 1.54) is 12.8 Å². The lowest BCUT2D eigenvalue weighted by Crippen LogP contribution is -2.44. The minimum absolute atomic E-state index is 0.0313. The third-order valence-corrected chi connectivity index (χ3v) is 4.65. The number of hydrogen-bond donors (Lipinski definition) is 1. The normalized spacial score (nSPS) is 28.8. The van der Waals surface area contributed by atoms with Gasteiger partial charge in [-0.2, -0.15) is 5.10 Å². The van der Waals surface area contributed by atoms with Crippen LogP contribution in [0.2, 0.25) is 0 Å². The molecular weight excluding hydrogens is 296 g/mol. The van der Waals surface area contributed by atoms with Gasteiger partial charge < -0.3 is 14.4 Å². The van der Waals surface area contributed by atoms with Gasteiger partial charge in [0.15, 0.2) is 5.82 Å². The summed E-state index contributed by atoms with van der Waals surface area (Å²) in [6.45, 7) is 5.86. The van der Waals surface area contributed by atoms with E-state index in [1.54, 1.807) is 4.90 Å². The molecule has 128 valence electrons. The topological polar surface area (TPSA) is 80.3 Å². The van der Waals surface area contributed by atoms with Crippen molar-refractivity contribution in [1.29, 1.82) is 0 Å². The first-order chi connectivity index (χ1) is 11.1. The van der Waals surface area contributed by atoms with Gasteiger partial charge in [-0.3, -0.25) is 9.89 Å². The number of hydrogen-bond acceptors (Lipinski definition) is 5. The Morgan fingerprint density at radius 2 is 2.35 bits per heavy atom. The van der Waals surface area contributed by atoms with Gasteiger partial charge in [-0.25, -0.2) is 4.98 Å². The van der Waals surface area contributed by atoms with Crippen LogP contribution in [-0.2, 0) is 14.3 Å². The fourth-order valence-corrected chi connectivity index (χ4v) is 3.35. The fraction of sp³-hybridized carbons (Fsp3) is 0.812. The average Bonchev–Trinajstić information content (AvgIpc) is 2.99. The van der Waals surface area contributed by atoms with E-state index >= 15 is 0 Å². The number of aromatic amines is 1. The van der Waals surface area contributed by atoms with Gasteiger partial charge in [0, 0.05) is 6.54 Å². The van der Waals surface area contributed by atoms with Crippen molar-refractivity contribution < 1.29 is 14.3 Å². The number of rotatable bonds is 4. The average molecular weight is 322 g/mol. The molecule has 7 nitrogen and oxygen atoms in total. The Morgan fingerprint density at radius 3 is 3.09 bits per heavy atom. The minimum atomic E-state index is -0.257. The largest absolute Gasteiger partial charge is 0.368 e. The van der Waals surface area contributed by atoms with Crippen molar-refractivity contribution >= 4 is 5.91 Å². The third-order valence-electron chi connectivity index (χ3n) is 4.65. The molecule has 23 heavy (non-hydrogen) atoms. The van der Waals surface area contributed by atoms with Crippen molar-refractivity contribution in [2.45, 2.75) is 51.7 Å². The fourth-order valence-electron chi connectivity index (χ4n) is 3.35. The molecule has 2 aliphatic rings. The Balaban J connectivity index is 1.49. The van der Waals surface area contributed by atoms with Gasteiger partial charge in [-0.05, 0) is 25.7 Å². The maximum Gasteiger partial charge on any atom is 0.248 e. The quantitative estimate of drug-likeness (QED) is 0.911. The molecule has 1 aliphatic heterocycles. The van der Waals surface area contributed by atoms with Gasteiger partial charge in [0.05, 0.1) is 19.3 Å². The zero-order valence-corrected chi connectivity index (χ0v) is 14.0. The molecule has 0 spiro atoms. The van der Waals surface area contributed by atoms with Crippen LogP contribution in [0.15, 0.2) is 0 Å². The van der Waals surface area contributed by atoms with Crippen molar-refractivity contribution in [3.8, 4) is 0 Å². The van der Waals surface area contributed by atoms with Crippen molar-refractivity contribution in [2.24, 2.45) is 5.92 Å². The molecular formula is C16H26N4O3. The Kier molecular flexibility index (Phi) is 5.27. The second kappa shape index (κ2) is 7.40. The van der Waals surface area contributed by atoms with Gasteiger partial charge in [0.25, 0.3) is 0 Å². The molecule has 1 aromatic rings. The van der Waals surface area contributed by atoms with Crippen LogP contribution in [0.25, 0.3) is 0 Å². The van der Waals surface area contributed by atoms with Crippen LogP contribution in [0.3, 0.4) is 0 Å². The van der Waals surface area contributed by atoms with Gasteiger partial charge >= 0.3 is 0 Å². The Hall–Kier alpha value is -1.47. The molecule has 7 heteroatoms.